The average Bonchev–Trinajstić information content (AvgIpc) is 3.33. The highest BCUT2D eigenvalue weighted by Crippen LogP contribution is 2.53. The molecule has 0 radical (unpaired) electrons. The predicted octanol–water partition coefficient (Wildman–Crippen LogP) is 1.44. The van der Waals surface area contributed by atoms with Gasteiger partial charge in [-0.25, -0.2) is 4.39 Å². The molecule has 3 amide bonds. The molecule has 5 rings (SSSR count). The molecule has 3 aliphatic heterocycles. The van der Waals surface area contributed by atoms with Crippen molar-refractivity contribution in [1.29, 1.82) is 0 Å². The minimum atomic E-state index is -1.49. The Bertz CT molecular complexity index is 1080. The van der Waals surface area contributed by atoms with Crippen molar-refractivity contribution < 1.29 is 23.5 Å². The molecule has 2 aromatic rings. The number of halogens is 1. The lowest BCUT2D eigenvalue weighted by Gasteiger charge is -2.29. The van der Waals surface area contributed by atoms with Crippen LogP contribution in [0.2, 0.25) is 0 Å². The van der Waals surface area contributed by atoms with E-state index in [1.54, 1.807) is 0 Å². The molecule has 2 saturated heterocycles. The number of hydrogen-bond acceptors (Lipinski definition) is 5. The molecular formula is C23H22FN3O4. The molecule has 3 aliphatic rings. The summed E-state index contributed by atoms with van der Waals surface area (Å²) in [6.45, 7) is 0.324. The largest absolute Gasteiger partial charge is 0.383 e. The standard InChI is InChI=1S/C23H22FN3O4/c1-31-10-9-27-20(28)18-17(11-13-5-3-2-4-6-13)26-23(19(18)21(27)29)15-12-14(24)7-8-16(15)25-22(23)30/h2-8,12,17-19,26H,9-11H2,1H3,(H,25,30)/t17-,18+,19-,23-/m0/s1. The van der Waals surface area contributed by atoms with Crippen molar-refractivity contribution in [1.82, 2.24) is 10.2 Å². The van der Waals surface area contributed by atoms with Gasteiger partial charge in [0.1, 0.15) is 11.4 Å². The molecule has 160 valence electrons. The summed E-state index contributed by atoms with van der Waals surface area (Å²) in [6, 6.07) is 13.1. The van der Waals surface area contributed by atoms with E-state index in [1.807, 2.05) is 30.3 Å². The first-order valence-corrected chi connectivity index (χ1v) is 10.2. The number of hydrogen-bond donors (Lipinski definition) is 2. The van der Waals surface area contributed by atoms with Crippen molar-refractivity contribution in [3.63, 3.8) is 0 Å². The van der Waals surface area contributed by atoms with Crippen LogP contribution in [0.1, 0.15) is 11.1 Å². The van der Waals surface area contributed by atoms with Crippen molar-refractivity contribution in [3.05, 3.63) is 65.5 Å². The summed E-state index contributed by atoms with van der Waals surface area (Å²) >= 11 is 0. The highest BCUT2D eigenvalue weighted by Gasteiger charge is 2.70. The Hall–Kier alpha value is -3.10. The number of carbonyl (C=O) groups is 3. The van der Waals surface area contributed by atoms with Gasteiger partial charge in [0.25, 0.3) is 0 Å². The molecule has 0 aromatic heterocycles. The van der Waals surface area contributed by atoms with Crippen molar-refractivity contribution >= 4 is 23.4 Å². The number of carbonyl (C=O) groups excluding carboxylic acids is 3. The van der Waals surface area contributed by atoms with Crippen LogP contribution in [0.4, 0.5) is 10.1 Å². The number of anilines is 1. The summed E-state index contributed by atoms with van der Waals surface area (Å²) in [6.07, 6.45) is 0.457. The van der Waals surface area contributed by atoms with Crippen molar-refractivity contribution in [2.24, 2.45) is 11.8 Å². The van der Waals surface area contributed by atoms with E-state index in [-0.39, 0.29) is 19.1 Å². The topological polar surface area (TPSA) is 87.7 Å². The molecule has 0 aliphatic carbocycles. The molecule has 31 heavy (non-hydrogen) atoms. The number of fused-ring (bicyclic) bond motifs is 4. The van der Waals surface area contributed by atoms with Crippen LogP contribution >= 0.6 is 0 Å². The third kappa shape index (κ3) is 2.82. The van der Waals surface area contributed by atoms with Gasteiger partial charge in [0.15, 0.2) is 0 Å². The summed E-state index contributed by atoms with van der Waals surface area (Å²) in [4.78, 5) is 41.2. The molecule has 7 nitrogen and oxygen atoms in total. The lowest BCUT2D eigenvalue weighted by atomic mass is 9.76. The summed E-state index contributed by atoms with van der Waals surface area (Å²) < 4.78 is 19.2. The summed E-state index contributed by atoms with van der Waals surface area (Å²) in [7, 11) is 1.50. The summed E-state index contributed by atoms with van der Waals surface area (Å²) in [5.74, 6) is -3.38. The fourth-order valence-corrected chi connectivity index (χ4v) is 5.28. The lowest BCUT2D eigenvalue weighted by molar-refractivity contribution is -0.143. The van der Waals surface area contributed by atoms with Crippen molar-refractivity contribution in [2.75, 3.05) is 25.6 Å². The maximum Gasteiger partial charge on any atom is 0.250 e. The third-order valence-electron chi connectivity index (χ3n) is 6.59. The highest BCUT2D eigenvalue weighted by atomic mass is 19.1. The normalized spacial score (nSPS) is 28.9. The number of likely N-dealkylation sites (tertiary alicyclic amines) is 1. The van der Waals surface area contributed by atoms with Gasteiger partial charge in [0, 0.05) is 24.4 Å². The first-order chi connectivity index (χ1) is 15.0. The minimum Gasteiger partial charge on any atom is -0.383 e. The van der Waals surface area contributed by atoms with Crippen LogP contribution in [0.3, 0.4) is 0 Å². The molecule has 2 fully saturated rings. The maximum atomic E-state index is 14.2. The van der Waals surface area contributed by atoms with E-state index in [2.05, 4.69) is 10.6 Å². The molecule has 8 heteroatoms. The Balaban J connectivity index is 1.62. The number of rotatable bonds is 5. The second-order valence-electron chi connectivity index (χ2n) is 8.22. The predicted molar refractivity (Wildman–Crippen MR) is 109 cm³/mol. The number of nitrogens with zero attached hydrogens (tertiary/aromatic N) is 1. The van der Waals surface area contributed by atoms with Gasteiger partial charge in [0.2, 0.25) is 17.7 Å². The van der Waals surface area contributed by atoms with Crippen LogP contribution < -0.4 is 10.6 Å². The Kier molecular flexibility index (Phi) is 4.64. The van der Waals surface area contributed by atoms with Crippen LogP contribution in [0.25, 0.3) is 0 Å². The van der Waals surface area contributed by atoms with E-state index in [0.29, 0.717) is 17.7 Å². The van der Waals surface area contributed by atoms with Gasteiger partial charge in [-0.3, -0.25) is 24.6 Å². The van der Waals surface area contributed by atoms with Crippen LogP contribution in [-0.2, 0) is 31.1 Å². The summed E-state index contributed by atoms with van der Waals surface area (Å²) in [5.41, 5.74) is 0.312. The van der Waals surface area contributed by atoms with Crippen LogP contribution in [-0.4, -0.2) is 48.9 Å². The highest BCUT2D eigenvalue weighted by molar-refractivity contribution is 6.15. The number of imide groups is 1. The van der Waals surface area contributed by atoms with Gasteiger partial charge < -0.3 is 10.1 Å². The van der Waals surface area contributed by atoms with Crippen molar-refractivity contribution in [2.45, 2.75) is 18.0 Å². The molecule has 1 spiro atoms. The molecule has 4 atom stereocenters. The van der Waals surface area contributed by atoms with Gasteiger partial charge >= 0.3 is 0 Å². The Labute approximate surface area is 178 Å². The Morgan fingerprint density at radius 3 is 2.61 bits per heavy atom. The Morgan fingerprint density at radius 1 is 1.10 bits per heavy atom. The van der Waals surface area contributed by atoms with Gasteiger partial charge in [-0.1, -0.05) is 30.3 Å². The van der Waals surface area contributed by atoms with E-state index in [1.165, 1.54) is 30.2 Å². The van der Waals surface area contributed by atoms with Crippen LogP contribution in [0, 0.1) is 17.7 Å². The quantitative estimate of drug-likeness (QED) is 0.711. The van der Waals surface area contributed by atoms with Gasteiger partial charge in [-0.15, -0.1) is 0 Å². The minimum absolute atomic E-state index is 0.118. The van der Waals surface area contributed by atoms with E-state index in [4.69, 9.17) is 4.74 Å². The zero-order chi connectivity index (χ0) is 21.8. The van der Waals surface area contributed by atoms with Crippen LogP contribution in [0.5, 0.6) is 0 Å². The number of nitrogens with one attached hydrogen (secondary N) is 2. The van der Waals surface area contributed by atoms with E-state index < -0.39 is 41.0 Å². The fraction of sp³-hybridized carbons (Fsp3) is 0.348. The maximum absolute atomic E-state index is 14.2. The smallest absolute Gasteiger partial charge is 0.250 e. The van der Waals surface area contributed by atoms with Crippen LogP contribution in [0.15, 0.2) is 48.5 Å². The fourth-order valence-electron chi connectivity index (χ4n) is 5.28. The molecule has 0 saturated carbocycles. The van der Waals surface area contributed by atoms with Crippen molar-refractivity contribution in [3.8, 4) is 0 Å². The van der Waals surface area contributed by atoms with Gasteiger partial charge in [-0.05, 0) is 30.2 Å². The zero-order valence-corrected chi connectivity index (χ0v) is 16.9. The van der Waals surface area contributed by atoms with Gasteiger partial charge in [-0.2, -0.15) is 0 Å². The van der Waals surface area contributed by atoms with E-state index in [9.17, 15) is 18.8 Å². The molecule has 0 unspecified atom stereocenters. The van der Waals surface area contributed by atoms with E-state index >= 15 is 0 Å². The molecule has 2 aromatic carbocycles. The number of methoxy groups -OCH3 is 1. The SMILES string of the molecule is COCCN1C(=O)[C@@H]2[C@H](Cc3ccccc3)N[C@]3(C(=O)Nc4ccc(F)cc43)[C@@H]2C1=O. The zero-order valence-electron chi connectivity index (χ0n) is 16.9. The summed E-state index contributed by atoms with van der Waals surface area (Å²) in [5, 5.41) is 6.08. The molecule has 3 heterocycles. The second-order valence-corrected chi connectivity index (χ2v) is 8.22. The monoisotopic (exact) mass is 423 g/mol. The number of amides is 3. The number of benzene rings is 2. The second kappa shape index (κ2) is 7.25. The first-order valence-electron chi connectivity index (χ1n) is 10.2. The molecule has 2 N–H and O–H groups in total. The number of ether oxygens (including phenoxy) is 1. The van der Waals surface area contributed by atoms with Gasteiger partial charge in [0.05, 0.1) is 25.0 Å². The molecular weight excluding hydrogens is 401 g/mol. The third-order valence-corrected chi connectivity index (χ3v) is 6.59. The molecule has 0 bridgehead atoms. The first kappa shape index (κ1) is 19.8. The average molecular weight is 423 g/mol. The lowest BCUT2D eigenvalue weighted by Crippen LogP contribution is -2.53. The Morgan fingerprint density at radius 2 is 1.87 bits per heavy atom. The van der Waals surface area contributed by atoms with E-state index in [0.717, 1.165) is 5.56 Å².